The molecule has 0 atom stereocenters. The van der Waals surface area contributed by atoms with Crippen LogP contribution in [0.25, 0.3) is 5.52 Å². The number of hydrogen-bond donors (Lipinski definition) is 0. The van der Waals surface area contributed by atoms with Gasteiger partial charge in [0.25, 0.3) is 0 Å². The average molecular weight is 261 g/mol. The van der Waals surface area contributed by atoms with Crippen LogP contribution in [-0.4, -0.2) is 34.7 Å². The second kappa shape index (κ2) is 4.49. The zero-order valence-electron chi connectivity index (χ0n) is 11.6. The molecule has 0 N–H and O–H groups in total. The number of aryl methyl sites for hydroxylation is 1. The van der Waals surface area contributed by atoms with Crippen molar-refractivity contribution in [2.24, 2.45) is 0 Å². The van der Waals surface area contributed by atoms with E-state index in [1.165, 1.54) is 0 Å². The largest absolute Gasteiger partial charge is 0.479 e. The van der Waals surface area contributed by atoms with E-state index in [9.17, 15) is 0 Å². The van der Waals surface area contributed by atoms with Crippen molar-refractivity contribution in [1.82, 2.24) is 14.4 Å². The van der Waals surface area contributed by atoms with Gasteiger partial charge in [-0.05, 0) is 19.8 Å². The van der Waals surface area contributed by atoms with Gasteiger partial charge in [0, 0.05) is 24.8 Å². The molecule has 1 saturated heterocycles. The first-order valence-electron chi connectivity index (χ1n) is 6.61. The van der Waals surface area contributed by atoms with Crippen molar-refractivity contribution in [3.63, 3.8) is 0 Å². The molecule has 5 heteroatoms. The molecule has 3 heterocycles. The molecule has 1 fully saturated rings. The van der Waals surface area contributed by atoms with E-state index in [-0.39, 0.29) is 5.41 Å². The fraction of sp³-hybridized carbons (Fsp3) is 0.571. The van der Waals surface area contributed by atoms with E-state index in [0.717, 1.165) is 43.1 Å². The molecule has 1 aliphatic rings. The van der Waals surface area contributed by atoms with Gasteiger partial charge in [0.15, 0.2) is 0 Å². The number of fused-ring (bicyclic) bond motifs is 1. The molecule has 0 unspecified atom stereocenters. The molecule has 0 saturated carbocycles. The van der Waals surface area contributed by atoms with Crippen molar-refractivity contribution < 1.29 is 9.47 Å². The summed E-state index contributed by atoms with van der Waals surface area (Å²) in [5, 5.41) is 0. The van der Waals surface area contributed by atoms with Crippen molar-refractivity contribution in [2.75, 3.05) is 20.3 Å². The number of rotatable bonds is 2. The fourth-order valence-electron chi connectivity index (χ4n) is 2.73. The summed E-state index contributed by atoms with van der Waals surface area (Å²) in [7, 11) is 1.64. The van der Waals surface area contributed by atoms with E-state index in [2.05, 4.69) is 21.3 Å². The number of aromatic nitrogens is 3. The number of hydrogen-bond acceptors (Lipinski definition) is 4. The Bertz CT molecular complexity index is 600. The van der Waals surface area contributed by atoms with Crippen LogP contribution in [0.4, 0.5) is 0 Å². The Hall–Kier alpha value is -1.62. The summed E-state index contributed by atoms with van der Waals surface area (Å²) in [6.07, 6.45) is 5.87. The lowest BCUT2D eigenvalue weighted by atomic mass is 9.81. The van der Waals surface area contributed by atoms with Gasteiger partial charge in [0.2, 0.25) is 5.88 Å². The lowest BCUT2D eigenvalue weighted by Crippen LogP contribution is -2.32. The molecule has 3 rings (SSSR count). The maximum absolute atomic E-state index is 5.47. The second-order valence-electron chi connectivity index (χ2n) is 5.40. The Labute approximate surface area is 112 Å². The highest BCUT2D eigenvalue weighted by atomic mass is 16.5. The zero-order chi connectivity index (χ0) is 13.5. The number of ether oxygens (including phenoxy) is 2. The number of methoxy groups -OCH3 is 1. The minimum absolute atomic E-state index is 0.0590. The highest BCUT2D eigenvalue weighted by molar-refractivity contribution is 5.56. The van der Waals surface area contributed by atoms with Crippen molar-refractivity contribution in [3.05, 3.63) is 23.9 Å². The van der Waals surface area contributed by atoms with Crippen molar-refractivity contribution >= 4 is 5.52 Å². The normalized spacial score (nSPS) is 18.7. The zero-order valence-corrected chi connectivity index (χ0v) is 11.6. The summed E-state index contributed by atoms with van der Waals surface area (Å²) in [5.74, 6) is 1.71. The van der Waals surface area contributed by atoms with E-state index >= 15 is 0 Å². The lowest BCUT2D eigenvalue weighted by molar-refractivity contribution is 0.0533. The monoisotopic (exact) mass is 261 g/mol. The molecule has 0 amide bonds. The van der Waals surface area contributed by atoms with Gasteiger partial charge in [-0.1, -0.05) is 6.92 Å². The first-order valence-corrected chi connectivity index (χ1v) is 6.61. The van der Waals surface area contributed by atoms with Crippen molar-refractivity contribution in [3.8, 4) is 5.88 Å². The van der Waals surface area contributed by atoms with Crippen LogP contribution in [0.1, 0.15) is 31.3 Å². The summed E-state index contributed by atoms with van der Waals surface area (Å²) in [4.78, 5) is 9.02. The second-order valence-corrected chi connectivity index (χ2v) is 5.40. The molecular formula is C14H19N3O2. The van der Waals surface area contributed by atoms with Gasteiger partial charge in [-0.2, -0.15) is 0 Å². The van der Waals surface area contributed by atoms with Crippen LogP contribution in [0.3, 0.4) is 0 Å². The highest BCUT2D eigenvalue weighted by Gasteiger charge is 2.33. The van der Waals surface area contributed by atoms with Crippen molar-refractivity contribution in [1.29, 1.82) is 0 Å². The van der Waals surface area contributed by atoms with E-state index in [4.69, 9.17) is 9.47 Å². The van der Waals surface area contributed by atoms with Gasteiger partial charge in [-0.15, -0.1) is 0 Å². The number of imidazole rings is 1. The third kappa shape index (κ3) is 1.98. The first-order chi connectivity index (χ1) is 9.14. The minimum Gasteiger partial charge on any atom is -0.479 e. The van der Waals surface area contributed by atoms with Crippen LogP contribution in [0.15, 0.2) is 12.4 Å². The van der Waals surface area contributed by atoms with Crippen LogP contribution >= 0.6 is 0 Å². The molecule has 2 aromatic heterocycles. The van der Waals surface area contributed by atoms with Crippen LogP contribution in [0, 0.1) is 6.92 Å². The lowest BCUT2D eigenvalue weighted by Gasteiger charge is -2.32. The van der Waals surface area contributed by atoms with Crippen LogP contribution in [0.5, 0.6) is 5.88 Å². The molecule has 19 heavy (non-hydrogen) atoms. The van der Waals surface area contributed by atoms with Gasteiger partial charge < -0.3 is 9.47 Å². The smallest absolute Gasteiger partial charge is 0.239 e. The van der Waals surface area contributed by atoms with E-state index < -0.39 is 0 Å². The van der Waals surface area contributed by atoms with E-state index in [0.29, 0.717) is 5.88 Å². The van der Waals surface area contributed by atoms with Gasteiger partial charge in [0.1, 0.15) is 11.3 Å². The van der Waals surface area contributed by atoms with E-state index in [1.54, 1.807) is 7.11 Å². The molecule has 0 spiro atoms. The molecule has 2 aromatic rings. The topological polar surface area (TPSA) is 48.7 Å². The quantitative estimate of drug-likeness (QED) is 0.830. The van der Waals surface area contributed by atoms with E-state index in [1.807, 2.05) is 19.3 Å². The number of nitrogens with zero attached hydrogens (tertiary/aromatic N) is 3. The molecule has 1 aliphatic heterocycles. The molecule has 0 aliphatic carbocycles. The van der Waals surface area contributed by atoms with Gasteiger partial charge in [-0.3, -0.25) is 4.40 Å². The summed E-state index contributed by atoms with van der Waals surface area (Å²) < 4.78 is 12.9. The molecule has 0 bridgehead atoms. The Morgan fingerprint density at radius 3 is 2.79 bits per heavy atom. The maximum Gasteiger partial charge on any atom is 0.239 e. The Morgan fingerprint density at radius 2 is 2.11 bits per heavy atom. The predicted octanol–water partition coefficient (Wildman–Crippen LogP) is 2.11. The van der Waals surface area contributed by atoms with Crippen LogP contribution < -0.4 is 4.74 Å². The average Bonchev–Trinajstić information content (AvgIpc) is 2.83. The predicted molar refractivity (Wildman–Crippen MR) is 71.7 cm³/mol. The first kappa shape index (κ1) is 12.4. The van der Waals surface area contributed by atoms with Crippen LogP contribution in [0.2, 0.25) is 0 Å². The Morgan fingerprint density at radius 1 is 1.37 bits per heavy atom. The van der Waals surface area contributed by atoms with Crippen LogP contribution in [-0.2, 0) is 10.2 Å². The summed E-state index contributed by atoms with van der Waals surface area (Å²) in [5.41, 5.74) is 1.92. The van der Waals surface area contributed by atoms with Gasteiger partial charge in [0.05, 0.1) is 19.0 Å². The summed E-state index contributed by atoms with van der Waals surface area (Å²) >= 11 is 0. The SMILES string of the molecule is COc1nc(C)cn2c(C3(C)CCOCC3)ncc12. The summed E-state index contributed by atoms with van der Waals surface area (Å²) in [6, 6.07) is 0. The highest BCUT2D eigenvalue weighted by Crippen LogP contribution is 2.34. The van der Waals surface area contributed by atoms with Gasteiger partial charge >= 0.3 is 0 Å². The van der Waals surface area contributed by atoms with Crippen molar-refractivity contribution in [2.45, 2.75) is 32.1 Å². The standard InChI is InChI=1S/C14H19N3O2/c1-10-9-17-11(12(16-10)18-3)8-15-13(17)14(2)4-6-19-7-5-14/h8-9H,4-7H2,1-3H3. The molecule has 102 valence electrons. The third-order valence-corrected chi connectivity index (χ3v) is 3.94. The Kier molecular flexibility index (Phi) is 2.93. The molecule has 5 nitrogen and oxygen atoms in total. The maximum atomic E-state index is 5.47. The third-order valence-electron chi connectivity index (χ3n) is 3.94. The fourth-order valence-corrected chi connectivity index (χ4v) is 2.73. The molecular weight excluding hydrogens is 242 g/mol. The minimum atomic E-state index is 0.0590. The Balaban J connectivity index is 2.17. The summed E-state index contributed by atoms with van der Waals surface area (Å²) in [6.45, 7) is 5.82. The van der Waals surface area contributed by atoms with Gasteiger partial charge in [-0.25, -0.2) is 9.97 Å². The molecule has 0 radical (unpaired) electrons. The molecule has 0 aromatic carbocycles.